The minimum absolute atomic E-state index is 0.0701. The minimum atomic E-state index is -0.256. The molecule has 1 N–H and O–H groups in total. The Morgan fingerprint density at radius 1 is 1.15 bits per heavy atom. The lowest BCUT2D eigenvalue weighted by Crippen LogP contribution is -2.36. The van der Waals surface area contributed by atoms with Crippen molar-refractivity contribution in [3.8, 4) is 22.9 Å². The van der Waals surface area contributed by atoms with E-state index in [1.165, 1.54) is 0 Å². The maximum absolute atomic E-state index is 11.9. The summed E-state index contributed by atoms with van der Waals surface area (Å²) in [6.45, 7) is -0.0701. The zero-order chi connectivity index (χ0) is 18.6. The summed E-state index contributed by atoms with van der Waals surface area (Å²) < 4.78 is 5.53. The SMILES string of the molecule is N#Cc1ccc(-c2ccc(OCC(=O)NN=C3CC4C=CCC34)cc2)cc1. The molecular formula is C22H19N3O2. The van der Waals surface area contributed by atoms with Gasteiger partial charge in [0.15, 0.2) is 6.61 Å². The maximum Gasteiger partial charge on any atom is 0.277 e. The number of amides is 1. The first-order valence-corrected chi connectivity index (χ1v) is 8.98. The van der Waals surface area contributed by atoms with Gasteiger partial charge in [-0.15, -0.1) is 0 Å². The quantitative estimate of drug-likeness (QED) is 0.655. The number of ether oxygens (including phenoxy) is 1. The van der Waals surface area contributed by atoms with Crippen LogP contribution in [0.4, 0.5) is 0 Å². The van der Waals surface area contributed by atoms with Crippen molar-refractivity contribution in [2.45, 2.75) is 12.8 Å². The van der Waals surface area contributed by atoms with Crippen LogP contribution in [-0.4, -0.2) is 18.2 Å². The Balaban J connectivity index is 1.27. The molecule has 0 bridgehead atoms. The summed E-state index contributed by atoms with van der Waals surface area (Å²) in [6.07, 6.45) is 6.39. The normalized spacial score (nSPS) is 21.2. The smallest absolute Gasteiger partial charge is 0.277 e. The molecule has 2 unspecified atom stereocenters. The van der Waals surface area contributed by atoms with E-state index in [1.54, 1.807) is 12.1 Å². The summed E-state index contributed by atoms with van der Waals surface area (Å²) in [4.78, 5) is 11.9. The van der Waals surface area contributed by atoms with E-state index in [1.807, 2.05) is 36.4 Å². The summed E-state index contributed by atoms with van der Waals surface area (Å²) in [7, 11) is 0. The molecule has 2 aromatic rings. The van der Waals surface area contributed by atoms with Gasteiger partial charge < -0.3 is 4.74 Å². The van der Waals surface area contributed by atoms with Gasteiger partial charge in [0.25, 0.3) is 5.91 Å². The molecule has 2 aliphatic carbocycles. The third-order valence-electron chi connectivity index (χ3n) is 5.06. The molecule has 2 atom stereocenters. The van der Waals surface area contributed by atoms with E-state index >= 15 is 0 Å². The van der Waals surface area contributed by atoms with E-state index < -0.39 is 0 Å². The minimum Gasteiger partial charge on any atom is -0.484 e. The molecule has 2 aliphatic rings. The monoisotopic (exact) mass is 357 g/mol. The molecule has 5 nitrogen and oxygen atoms in total. The van der Waals surface area contributed by atoms with Gasteiger partial charge in [0.2, 0.25) is 0 Å². The highest BCUT2D eigenvalue weighted by Gasteiger charge is 2.37. The van der Waals surface area contributed by atoms with E-state index in [-0.39, 0.29) is 12.5 Å². The summed E-state index contributed by atoms with van der Waals surface area (Å²) in [6, 6.07) is 17.0. The van der Waals surface area contributed by atoms with Crippen molar-refractivity contribution in [1.82, 2.24) is 5.43 Å². The van der Waals surface area contributed by atoms with Crippen LogP contribution in [0.3, 0.4) is 0 Å². The molecule has 5 heteroatoms. The van der Waals surface area contributed by atoms with Gasteiger partial charge in [-0.1, -0.05) is 36.4 Å². The van der Waals surface area contributed by atoms with Crippen LogP contribution in [0.5, 0.6) is 5.75 Å². The van der Waals surface area contributed by atoms with E-state index in [0.717, 1.165) is 29.7 Å². The highest BCUT2D eigenvalue weighted by molar-refractivity contribution is 5.94. The fourth-order valence-corrected chi connectivity index (χ4v) is 3.46. The molecule has 4 rings (SSSR count). The molecule has 2 aromatic carbocycles. The largest absolute Gasteiger partial charge is 0.484 e. The molecular weight excluding hydrogens is 338 g/mol. The van der Waals surface area contributed by atoms with Crippen LogP contribution in [0, 0.1) is 23.2 Å². The first kappa shape index (κ1) is 17.0. The van der Waals surface area contributed by atoms with Crippen molar-refractivity contribution in [3.05, 3.63) is 66.2 Å². The second-order valence-electron chi connectivity index (χ2n) is 6.78. The summed E-state index contributed by atoms with van der Waals surface area (Å²) >= 11 is 0. The number of rotatable bonds is 5. The molecule has 0 radical (unpaired) electrons. The fourth-order valence-electron chi connectivity index (χ4n) is 3.46. The zero-order valence-corrected chi connectivity index (χ0v) is 14.8. The van der Waals surface area contributed by atoms with E-state index in [9.17, 15) is 4.79 Å². The van der Waals surface area contributed by atoms with Crippen LogP contribution >= 0.6 is 0 Å². The Labute approximate surface area is 158 Å². The Morgan fingerprint density at radius 2 is 1.85 bits per heavy atom. The number of hydrazone groups is 1. The van der Waals surface area contributed by atoms with Crippen molar-refractivity contribution in [2.24, 2.45) is 16.9 Å². The number of fused-ring (bicyclic) bond motifs is 1. The molecule has 0 heterocycles. The van der Waals surface area contributed by atoms with Crippen molar-refractivity contribution in [3.63, 3.8) is 0 Å². The highest BCUT2D eigenvalue weighted by Crippen LogP contribution is 2.40. The molecule has 1 saturated carbocycles. The van der Waals surface area contributed by atoms with E-state index in [2.05, 4.69) is 28.7 Å². The van der Waals surface area contributed by atoms with Gasteiger partial charge >= 0.3 is 0 Å². The number of hydrogen-bond acceptors (Lipinski definition) is 4. The third-order valence-corrected chi connectivity index (χ3v) is 5.06. The van der Waals surface area contributed by atoms with E-state index in [0.29, 0.717) is 23.1 Å². The Kier molecular flexibility index (Phi) is 4.71. The summed E-state index contributed by atoms with van der Waals surface area (Å²) in [5.74, 6) is 1.47. The summed E-state index contributed by atoms with van der Waals surface area (Å²) in [5, 5.41) is 13.1. The third kappa shape index (κ3) is 3.75. The van der Waals surface area contributed by atoms with E-state index in [4.69, 9.17) is 10.00 Å². The molecule has 0 aromatic heterocycles. The molecule has 0 spiro atoms. The second-order valence-corrected chi connectivity index (χ2v) is 6.78. The van der Waals surface area contributed by atoms with Crippen LogP contribution in [0.15, 0.2) is 65.8 Å². The number of nitriles is 1. The first-order chi connectivity index (χ1) is 13.2. The fraction of sp³-hybridized carbons (Fsp3) is 0.227. The van der Waals surface area contributed by atoms with Gasteiger partial charge in [0.1, 0.15) is 5.75 Å². The topological polar surface area (TPSA) is 74.5 Å². The molecule has 1 fully saturated rings. The van der Waals surface area contributed by atoms with Crippen molar-refractivity contribution >= 4 is 11.6 Å². The van der Waals surface area contributed by atoms with Crippen LogP contribution in [0.1, 0.15) is 18.4 Å². The highest BCUT2D eigenvalue weighted by atomic mass is 16.5. The number of nitrogens with zero attached hydrogens (tertiary/aromatic N) is 2. The average molecular weight is 357 g/mol. The van der Waals surface area contributed by atoms with Gasteiger partial charge in [-0.3, -0.25) is 4.79 Å². The average Bonchev–Trinajstić information content (AvgIpc) is 3.08. The number of benzene rings is 2. The predicted molar refractivity (Wildman–Crippen MR) is 103 cm³/mol. The number of carbonyl (C=O) groups is 1. The van der Waals surface area contributed by atoms with Gasteiger partial charge in [-0.25, -0.2) is 5.43 Å². The molecule has 0 aliphatic heterocycles. The number of hydrogen-bond donors (Lipinski definition) is 1. The van der Waals surface area contributed by atoms with Gasteiger partial charge in [0.05, 0.1) is 11.6 Å². The van der Waals surface area contributed by atoms with Gasteiger partial charge in [-0.2, -0.15) is 10.4 Å². The van der Waals surface area contributed by atoms with Crippen molar-refractivity contribution < 1.29 is 9.53 Å². The summed E-state index contributed by atoms with van der Waals surface area (Å²) in [5.41, 5.74) is 6.34. The van der Waals surface area contributed by atoms with Crippen LogP contribution < -0.4 is 10.2 Å². The second kappa shape index (κ2) is 7.46. The van der Waals surface area contributed by atoms with Crippen LogP contribution in [-0.2, 0) is 4.79 Å². The van der Waals surface area contributed by atoms with Crippen molar-refractivity contribution in [1.29, 1.82) is 5.26 Å². The lowest BCUT2D eigenvalue weighted by molar-refractivity contribution is -0.123. The lowest BCUT2D eigenvalue weighted by Gasteiger charge is -2.31. The van der Waals surface area contributed by atoms with Crippen LogP contribution in [0.2, 0.25) is 0 Å². The number of carbonyl (C=O) groups excluding carboxylic acids is 1. The Hall–Kier alpha value is -3.39. The molecule has 134 valence electrons. The lowest BCUT2D eigenvalue weighted by atomic mass is 9.74. The number of allylic oxidation sites excluding steroid dienone is 2. The first-order valence-electron chi connectivity index (χ1n) is 8.98. The Bertz CT molecular complexity index is 937. The maximum atomic E-state index is 11.9. The zero-order valence-electron chi connectivity index (χ0n) is 14.8. The van der Waals surface area contributed by atoms with Gasteiger partial charge in [0, 0.05) is 11.6 Å². The molecule has 27 heavy (non-hydrogen) atoms. The predicted octanol–water partition coefficient (Wildman–Crippen LogP) is 3.67. The Morgan fingerprint density at radius 3 is 2.52 bits per heavy atom. The van der Waals surface area contributed by atoms with Crippen molar-refractivity contribution in [2.75, 3.05) is 6.61 Å². The van der Waals surface area contributed by atoms with Gasteiger partial charge in [-0.05, 0) is 54.2 Å². The van der Waals surface area contributed by atoms with Crippen LogP contribution in [0.25, 0.3) is 11.1 Å². The number of nitrogens with one attached hydrogen (secondary N) is 1. The molecule has 1 amide bonds. The standard InChI is InChI=1S/C22H19N3O2/c23-13-15-4-6-16(7-5-15)17-8-10-19(11-9-17)27-14-22(26)25-24-21-12-18-2-1-3-20(18)21/h1-2,4-11,18,20H,3,12,14H2,(H,25,26). The molecule has 0 saturated heterocycles.